The fourth-order valence-electron chi connectivity index (χ4n) is 2.18. The van der Waals surface area contributed by atoms with Crippen molar-refractivity contribution in [3.8, 4) is 5.75 Å². The first-order valence-corrected chi connectivity index (χ1v) is 8.16. The van der Waals surface area contributed by atoms with Gasteiger partial charge in [0.05, 0.1) is 22.6 Å². The summed E-state index contributed by atoms with van der Waals surface area (Å²) in [5, 5.41) is 10.8. The van der Waals surface area contributed by atoms with E-state index in [-0.39, 0.29) is 16.3 Å². The summed E-state index contributed by atoms with van der Waals surface area (Å²) in [4.78, 5) is 10.3. The lowest BCUT2D eigenvalue weighted by Gasteiger charge is -2.14. The lowest BCUT2D eigenvalue weighted by molar-refractivity contribution is -0.384. The maximum Gasteiger partial charge on any atom is 0.271 e. The standard InChI is InChI=1S/C15H16N2O5S/c1-10-11(2)15(8-7-14(10)22-3)23(20,21)16-12-5-4-6-13(9-12)17(18)19/h4-9,16H,1-3H3. The third-order valence-electron chi connectivity index (χ3n) is 3.51. The Hall–Kier alpha value is -2.61. The number of rotatable bonds is 5. The van der Waals surface area contributed by atoms with Gasteiger partial charge in [-0.25, -0.2) is 8.42 Å². The van der Waals surface area contributed by atoms with Gasteiger partial charge in [-0.15, -0.1) is 0 Å². The summed E-state index contributed by atoms with van der Waals surface area (Å²) in [7, 11) is -2.35. The van der Waals surface area contributed by atoms with Crippen molar-refractivity contribution in [2.45, 2.75) is 18.7 Å². The molecule has 2 aromatic rings. The summed E-state index contributed by atoms with van der Waals surface area (Å²) in [6.07, 6.45) is 0. The van der Waals surface area contributed by atoms with Crippen LogP contribution in [0.4, 0.5) is 11.4 Å². The largest absolute Gasteiger partial charge is 0.496 e. The molecule has 1 N–H and O–H groups in total. The maximum absolute atomic E-state index is 12.5. The molecule has 0 saturated carbocycles. The average molecular weight is 336 g/mol. The SMILES string of the molecule is COc1ccc(S(=O)(=O)Nc2cccc([N+](=O)[O-])c2)c(C)c1C. The number of non-ortho nitro benzene ring substituents is 1. The van der Waals surface area contributed by atoms with E-state index in [2.05, 4.69) is 4.72 Å². The molecule has 0 amide bonds. The summed E-state index contributed by atoms with van der Waals surface area (Å²) in [5.74, 6) is 0.594. The molecule has 0 heterocycles. The number of ether oxygens (including phenoxy) is 1. The number of nitro groups is 1. The first kappa shape index (κ1) is 16.8. The predicted octanol–water partition coefficient (Wildman–Crippen LogP) is 3.02. The summed E-state index contributed by atoms with van der Waals surface area (Å²) >= 11 is 0. The number of methoxy groups -OCH3 is 1. The first-order chi connectivity index (χ1) is 10.8. The van der Waals surface area contributed by atoms with E-state index >= 15 is 0 Å². The van der Waals surface area contributed by atoms with Gasteiger partial charge in [-0.2, -0.15) is 0 Å². The van der Waals surface area contributed by atoms with E-state index < -0.39 is 14.9 Å². The molecule has 0 spiro atoms. The van der Waals surface area contributed by atoms with Gasteiger partial charge in [0.25, 0.3) is 15.7 Å². The van der Waals surface area contributed by atoms with Crippen molar-refractivity contribution in [3.05, 3.63) is 57.6 Å². The zero-order chi connectivity index (χ0) is 17.2. The molecule has 7 nitrogen and oxygen atoms in total. The fraction of sp³-hybridized carbons (Fsp3) is 0.200. The number of nitrogens with one attached hydrogen (secondary N) is 1. The summed E-state index contributed by atoms with van der Waals surface area (Å²) < 4.78 is 32.6. The minimum Gasteiger partial charge on any atom is -0.496 e. The van der Waals surface area contributed by atoms with Gasteiger partial charge in [0.2, 0.25) is 0 Å². The van der Waals surface area contributed by atoms with E-state index in [0.29, 0.717) is 11.3 Å². The van der Waals surface area contributed by atoms with Gasteiger partial charge in [-0.1, -0.05) is 6.07 Å². The molecule has 2 rings (SSSR count). The van der Waals surface area contributed by atoms with Crippen molar-refractivity contribution >= 4 is 21.4 Å². The molecule has 23 heavy (non-hydrogen) atoms. The lowest BCUT2D eigenvalue weighted by Crippen LogP contribution is -2.15. The summed E-state index contributed by atoms with van der Waals surface area (Å²) in [6, 6.07) is 8.35. The van der Waals surface area contributed by atoms with Crippen molar-refractivity contribution in [1.29, 1.82) is 0 Å². The first-order valence-electron chi connectivity index (χ1n) is 6.67. The predicted molar refractivity (Wildman–Crippen MR) is 86.4 cm³/mol. The molecule has 0 radical (unpaired) electrons. The number of sulfonamides is 1. The molecule has 0 unspecified atom stereocenters. The van der Waals surface area contributed by atoms with Gasteiger partial charge >= 0.3 is 0 Å². The van der Waals surface area contributed by atoms with Crippen LogP contribution in [0, 0.1) is 24.0 Å². The molecule has 122 valence electrons. The second-order valence-corrected chi connectivity index (χ2v) is 6.58. The Bertz CT molecular complexity index is 862. The van der Waals surface area contributed by atoms with Crippen LogP contribution in [0.15, 0.2) is 41.3 Å². The Morgan fingerprint density at radius 3 is 2.43 bits per heavy atom. The van der Waals surface area contributed by atoms with Crippen LogP contribution in [-0.4, -0.2) is 20.5 Å². The highest BCUT2D eigenvalue weighted by Crippen LogP contribution is 2.28. The van der Waals surface area contributed by atoms with Gasteiger partial charge in [-0.3, -0.25) is 14.8 Å². The molecule has 0 aromatic heterocycles. The quantitative estimate of drug-likeness (QED) is 0.668. The molecule has 0 aliphatic carbocycles. The minimum absolute atomic E-state index is 0.0994. The smallest absolute Gasteiger partial charge is 0.271 e. The highest BCUT2D eigenvalue weighted by molar-refractivity contribution is 7.92. The molecule has 8 heteroatoms. The number of nitro benzene ring substituents is 1. The molecule has 0 bridgehead atoms. The van der Waals surface area contributed by atoms with Gasteiger partial charge in [0.1, 0.15) is 5.75 Å². The van der Waals surface area contributed by atoms with E-state index in [1.807, 2.05) is 0 Å². The van der Waals surface area contributed by atoms with E-state index in [4.69, 9.17) is 4.74 Å². The van der Waals surface area contributed by atoms with Crippen LogP contribution in [0.1, 0.15) is 11.1 Å². The van der Waals surface area contributed by atoms with Crippen LogP contribution in [-0.2, 0) is 10.0 Å². The Balaban J connectivity index is 2.42. The number of anilines is 1. The maximum atomic E-state index is 12.5. The van der Waals surface area contributed by atoms with E-state index in [1.54, 1.807) is 19.9 Å². The van der Waals surface area contributed by atoms with Crippen molar-refractivity contribution in [2.24, 2.45) is 0 Å². The third kappa shape index (κ3) is 3.42. The molecule has 2 aromatic carbocycles. The summed E-state index contributed by atoms with van der Waals surface area (Å²) in [6.45, 7) is 3.44. The second kappa shape index (κ2) is 6.25. The Morgan fingerprint density at radius 1 is 1.13 bits per heavy atom. The Kier molecular flexibility index (Phi) is 4.55. The van der Waals surface area contributed by atoms with Crippen molar-refractivity contribution < 1.29 is 18.1 Å². The van der Waals surface area contributed by atoms with Crippen molar-refractivity contribution in [1.82, 2.24) is 0 Å². The number of benzene rings is 2. The van der Waals surface area contributed by atoms with Crippen LogP contribution >= 0.6 is 0 Å². The van der Waals surface area contributed by atoms with E-state index in [1.165, 1.54) is 37.4 Å². The van der Waals surface area contributed by atoms with Gasteiger partial charge in [0, 0.05) is 12.1 Å². The molecule has 0 fully saturated rings. The monoisotopic (exact) mass is 336 g/mol. The topological polar surface area (TPSA) is 98.5 Å². The van der Waals surface area contributed by atoms with E-state index in [0.717, 1.165) is 5.56 Å². The summed E-state index contributed by atoms with van der Waals surface area (Å²) in [5.41, 5.74) is 1.22. The van der Waals surface area contributed by atoms with Gasteiger partial charge < -0.3 is 4.74 Å². The van der Waals surface area contributed by atoms with Crippen molar-refractivity contribution in [2.75, 3.05) is 11.8 Å². The van der Waals surface area contributed by atoms with Crippen molar-refractivity contribution in [3.63, 3.8) is 0 Å². The highest BCUT2D eigenvalue weighted by Gasteiger charge is 2.20. The molecule has 0 aliphatic heterocycles. The van der Waals surface area contributed by atoms with Crippen LogP contribution < -0.4 is 9.46 Å². The molecule has 0 aliphatic rings. The van der Waals surface area contributed by atoms with E-state index in [9.17, 15) is 18.5 Å². The number of hydrogen-bond donors (Lipinski definition) is 1. The normalized spacial score (nSPS) is 11.1. The van der Waals surface area contributed by atoms with Gasteiger partial charge in [-0.05, 0) is 43.2 Å². The van der Waals surface area contributed by atoms with Crippen LogP contribution in [0.3, 0.4) is 0 Å². The molecule has 0 atom stereocenters. The zero-order valence-corrected chi connectivity index (χ0v) is 13.7. The second-order valence-electron chi connectivity index (χ2n) is 4.93. The minimum atomic E-state index is -3.86. The zero-order valence-electron chi connectivity index (χ0n) is 12.9. The van der Waals surface area contributed by atoms with Gasteiger partial charge in [0.15, 0.2) is 0 Å². The van der Waals surface area contributed by atoms with Crippen LogP contribution in [0.25, 0.3) is 0 Å². The molecular formula is C15H16N2O5S. The highest BCUT2D eigenvalue weighted by atomic mass is 32.2. The van der Waals surface area contributed by atoms with Crippen LogP contribution in [0.2, 0.25) is 0 Å². The van der Waals surface area contributed by atoms with Crippen LogP contribution in [0.5, 0.6) is 5.75 Å². The Labute approximate surface area is 134 Å². The average Bonchev–Trinajstić information content (AvgIpc) is 2.49. The number of hydrogen-bond acceptors (Lipinski definition) is 5. The Morgan fingerprint density at radius 2 is 1.83 bits per heavy atom. The lowest BCUT2D eigenvalue weighted by atomic mass is 10.1. The third-order valence-corrected chi connectivity index (χ3v) is 5.03. The molecule has 0 saturated heterocycles. The fourth-order valence-corrected chi connectivity index (χ4v) is 3.53. The molecular weight excluding hydrogens is 320 g/mol. The number of nitrogens with zero attached hydrogens (tertiary/aromatic N) is 1.